The molecule has 19 nitrogen and oxygen atoms in total. The summed E-state index contributed by atoms with van der Waals surface area (Å²) >= 11 is 0. The SMILES string of the molecule is CCCCCCCCCC/C=C\CCCCCCCCCCCCCCCCCCCCCCCCCCCCCCCC(=O)NC(COC1OC(CO)C(OC2OC(CO)C(OC3OC(CO)C(O)C(O)C3O)C(O)C2O)C(O)C1O)C(O)/C=C/CC/C=C/CC/C=C/CCCCCCCCCCC. The summed E-state index contributed by atoms with van der Waals surface area (Å²) in [5.41, 5.74) is 0. The first kappa shape index (κ1) is 96.9. The van der Waals surface area contributed by atoms with Gasteiger partial charge in [-0.2, -0.15) is 0 Å². The van der Waals surface area contributed by atoms with Crippen molar-refractivity contribution < 1.29 is 89.4 Å². The largest absolute Gasteiger partial charge is 0.394 e. The molecule has 3 aliphatic heterocycles. The number of hydrogen-bond donors (Lipinski definition) is 12. The van der Waals surface area contributed by atoms with Crippen molar-refractivity contribution in [1.82, 2.24) is 5.32 Å². The fourth-order valence-electron chi connectivity index (χ4n) is 14.6. The molecule has 0 spiro atoms. The van der Waals surface area contributed by atoms with E-state index in [1.165, 1.54) is 283 Å². The Bertz CT molecular complexity index is 2080. The molecule has 3 fully saturated rings. The highest BCUT2D eigenvalue weighted by Crippen LogP contribution is 2.33. The van der Waals surface area contributed by atoms with Crippen molar-refractivity contribution in [2.45, 2.75) is 465 Å². The van der Waals surface area contributed by atoms with E-state index in [2.05, 4.69) is 55.6 Å². The summed E-state index contributed by atoms with van der Waals surface area (Å²) in [7, 11) is 0. The summed E-state index contributed by atoms with van der Waals surface area (Å²) in [5, 5.41) is 121. The molecule has 0 aromatic heterocycles. The summed E-state index contributed by atoms with van der Waals surface area (Å²) in [5.74, 6) is -0.283. The fourth-order valence-corrected chi connectivity index (χ4v) is 14.6. The standard InChI is InChI=1S/C86H159NO18/c1-3-5-7-9-11-13-15-17-19-21-23-24-25-26-27-28-29-30-31-32-33-34-35-36-37-38-39-40-41-42-43-44-46-48-50-52-54-56-58-60-62-64-74(92)87-69(70(91)63-61-59-57-55-53-51-49-47-45-22-20-18-16-14-12-10-8-6-4-2)68-100-84-80(98)77(95)82(72(66-89)102-84)105-86-81(99)78(96)83(73(67-90)103-86)104-85-79(97)76(94)75(93)71(65-88)101-85/h21,23,45,47,53,55,61,63,69-73,75-86,88-91,93-99H,3-20,22,24-44,46,48-52,54,56-60,62,64-68H2,1-2H3,(H,87,92)/b23-21-,47-45+,55-53+,63-61+. The molecule has 0 aliphatic carbocycles. The minimum absolute atomic E-state index is 0.235. The first-order valence-corrected chi connectivity index (χ1v) is 43.4. The molecule has 0 radical (unpaired) electrons. The van der Waals surface area contributed by atoms with Gasteiger partial charge in [-0.25, -0.2) is 0 Å². The summed E-state index contributed by atoms with van der Waals surface area (Å²) < 4.78 is 34.4. The number of rotatable bonds is 70. The predicted molar refractivity (Wildman–Crippen MR) is 420 cm³/mol. The van der Waals surface area contributed by atoms with E-state index in [0.717, 1.165) is 44.9 Å². The van der Waals surface area contributed by atoms with Crippen molar-refractivity contribution in [1.29, 1.82) is 0 Å². The number of unbranched alkanes of at least 4 members (excludes halogenated alkanes) is 48. The molecule has 0 bridgehead atoms. The van der Waals surface area contributed by atoms with Gasteiger partial charge in [-0.3, -0.25) is 4.79 Å². The van der Waals surface area contributed by atoms with Crippen LogP contribution in [0.3, 0.4) is 0 Å². The molecule has 0 aromatic rings. The lowest BCUT2D eigenvalue weighted by molar-refractivity contribution is -0.379. The maximum Gasteiger partial charge on any atom is 0.220 e. The molecule has 3 heterocycles. The van der Waals surface area contributed by atoms with E-state index in [-0.39, 0.29) is 18.9 Å². The van der Waals surface area contributed by atoms with Crippen molar-refractivity contribution in [3.63, 3.8) is 0 Å². The van der Waals surface area contributed by atoms with Gasteiger partial charge in [0.1, 0.15) is 73.2 Å². The number of carbonyl (C=O) groups is 1. The number of carbonyl (C=O) groups excluding carboxylic acids is 1. The Morgan fingerprint density at radius 1 is 0.333 bits per heavy atom. The average Bonchev–Trinajstić information content (AvgIpc) is 0.781. The first-order chi connectivity index (χ1) is 51.3. The van der Waals surface area contributed by atoms with Crippen molar-refractivity contribution in [3.05, 3.63) is 48.6 Å². The summed E-state index contributed by atoms with van der Waals surface area (Å²) in [6.45, 7) is 1.75. The van der Waals surface area contributed by atoms with Gasteiger partial charge in [0.15, 0.2) is 18.9 Å². The highest BCUT2D eigenvalue weighted by Gasteiger charge is 2.54. The second kappa shape index (κ2) is 66.4. The molecule has 105 heavy (non-hydrogen) atoms. The quantitative estimate of drug-likeness (QED) is 0.0199. The number of aliphatic hydroxyl groups excluding tert-OH is 11. The summed E-state index contributed by atoms with van der Waals surface area (Å²) in [6.07, 6.45) is 58.6. The van der Waals surface area contributed by atoms with Gasteiger partial charge in [-0.15, -0.1) is 0 Å². The monoisotopic (exact) mass is 1490 g/mol. The van der Waals surface area contributed by atoms with Crippen LogP contribution < -0.4 is 5.32 Å². The topological polar surface area (TPSA) is 307 Å². The van der Waals surface area contributed by atoms with Crippen molar-refractivity contribution in [2.24, 2.45) is 0 Å². The third-order valence-electron chi connectivity index (χ3n) is 21.6. The summed E-state index contributed by atoms with van der Waals surface area (Å²) in [4.78, 5) is 13.5. The maximum absolute atomic E-state index is 13.5. The van der Waals surface area contributed by atoms with Crippen molar-refractivity contribution in [3.8, 4) is 0 Å². The van der Waals surface area contributed by atoms with Crippen LogP contribution >= 0.6 is 0 Å². The molecular weight excluding hydrogens is 1330 g/mol. The predicted octanol–water partition coefficient (Wildman–Crippen LogP) is 15.6. The normalized spacial score (nSPS) is 26.0. The van der Waals surface area contributed by atoms with Gasteiger partial charge in [0.25, 0.3) is 0 Å². The molecule has 3 saturated heterocycles. The second-order valence-corrected chi connectivity index (χ2v) is 31.0. The van der Waals surface area contributed by atoms with E-state index in [1.54, 1.807) is 6.08 Å². The van der Waals surface area contributed by atoms with E-state index in [1.807, 2.05) is 6.08 Å². The Morgan fingerprint density at radius 3 is 0.952 bits per heavy atom. The van der Waals surface area contributed by atoms with E-state index in [9.17, 15) is 61.0 Å². The molecule has 12 N–H and O–H groups in total. The lowest BCUT2D eigenvalue weighted by Crippen LogP contribution is -2.66. The minimum atomic E-state index is -1.98. The van der Waals surface area contributed by atoms with Crippen LogP contribution in [-0.4, -0.2) is 193 Å². The van der Waals surface area contributed by atoms with Crippen LogP contribution in [0, 0.1) is 0 Å². The molecular formula is C86H159NO18. The number of aliphatic hydroxyl groups is 11. The summed E-state index contributed by atoms with van der Waals surface area (Å²) in [6, 6.07) is -0.997. The van der Waals surface area contributed by atoms with Crippen molar-refractivity contribution in [2.75, 3.05) is 26.4 Å². The lowest BCUT2D eigenvalue weighted by Gasteiger charge is -2.48. The Labute approximate surface area is 637 Å². The molecule has 19 heteroatoms. The smallest absolute Gasteiger partial charge is 0.220 e. The lowest BCUT2D eigenvalue weighted by atomic mass is 9.96. The zero-order valence-electron chi connectivity index (χ0n) is 66.2. The first-order valence-electron chi connectivity index (χ1n) is 43.4. The van der Waals surface area contributed by atoms with Gasteiger partial charge in [-0.05, 0) is 70.6 Å². The Morgan fingerprint density at radius 2 is 0.610 bits per heavy atom. The zero-order chi connectivity index (χ0) is 76.0. The molecule has 17 atom stereocenters. The van der Waals surface area contributed by atoms with Crippen molar-refractivity contribution >= 4 is 5.91 Å². The molecule has 616 valence electrons. The molecule has 3 aliphatic rings. The van der Waals surface area contributed by atoms with Gasteiger partial charge in [-0.1, -0.05) is 332 Å². The van der Waals surface area contributed by atoms with E-state index >= 15 is 0 Å². The Kier molecular flexibility index (Phi) is 61.3. The molecule has 0 saturated carbocycles. The third kappa shape index (κ3) is 45.8. The molecule has 1 amide bonds. The van der Waals surface area contributed by atoms with Crippen LogP contribution in [0.1, 0.15) is 361 Å². The molecule has 17 unspecified atom stereocenters. The Balaban J connectivity index is 1.29. The highest BCUT2D eigenvalue weighted by molar-refractivity contribution is 5.76. The van der Waals surface area contributed by atoms with Crippen LogP contribution in [0.15, 0.2) is 48.6 Å². The number of hydrogen-bond acceptors (Lipinski definition) is 18. The van der Waals surface area contributed by atoms with Crippen LogP contribution in [0.2, 0.25) is 0 Å². The van der Waals surface area contributed by atoms with Crippen LogP contribution in [0.25, 0.3) is 0 Å². The van der Waals surface area contributed by atoms with E-state index < -0.39 is 124 Å². The Hall–Kier alpha value is -2.25. The number of amides is 1. The molecule has 3 rings (SSSR count). The fraction of sp³-hybridized carbons (Fsp3) is 0.895. The van der Waals surface area contributed by atoms with Crippen LogP contribution in [-0.2, 0) is 33.2 Å². The average molecular weight is 1500 g/mol. The van der Waals surface area contributed by atoms with Gasteiger partial charge < -0.3 is 89.9 Å². The third-order valence-corrected chi connectivity index (χ3v) is 21.6. The maximum atomic E-state index is 13.5. The van der Waals surface area contributed by atoms with E-state index in [4.69, 9.17) is 28.4 Å². The van der Waals surface area contributed by atoms with Gasteiger partial charge in [0.05, 0.1) is 38.6 Å². The second-order valence-electron chi connectivity index (χ2n) is 31.0. The number of allylic oxidation sites excluding steroid dienone is 7. The molecule has 0 aromatic carbocycles. The minimum Gasteiger partial charge on any atom is -0.394 e. The van der Waals surface area contributed by atoms with Gasteiger partial charge >= 0.3 is 0 Å². The zero-order valence-corrected chi connectivity index (χ0v) is 66.2. The van der Waals surface area contributed by atoms with Gasteiger partial charge in [0, 0.05) is 6.42 Å². The van der Waals surface area contributed by atoms with Gasteiger partial charge in [0.2, 0.25) is 5.91 Å². The van der Waals surface area contributed by atoms with Crippen LogP contribution in [0.4, 0.5) is 0 Å². The highest BCUT2D eigenvalue weighted by atomic mass is 16.8. The van der Waals surface area contributed by atoms with Crippen LogP contribution in [0.5, 0.6) is 0 Å². The number of nitrogens with one attached hydrogen (secondary N) is 1. The number of ether oxygens (including phenoxy) is 6. The van der Waals surface area contributed by atoms with E-state index in [0.29, 0.717) is 12.8 Å².